The average Bonchev–Trinajstić information content (AvgIpc) is 3.60. The van der Waals surface area contributed by atoms with Gasteiger partial charge in [-0.3, -0.25) is 0 Å². The number of rotatable bonds is 5. The maximum Gasteiger partial charge on any atom is 0.167 e. The number of hydrogen-bond donors (Lipinski definition) is 0. The summed E-state index contributed by atoms with van der Waals surface area (Å²) >= 11 is 0. The van der Waals surface area contributed by atoms with Crippen LogP contribution in [0.25, 0.3) is 99.9 Å². The summed E-state index contributed by atoms with van der Waals surface area (Å²) in [7, 11) is 0. The van der Waals surface area contributed by atoms with Gasteiger partial charge in [-0.2, -0.15) is 0 Å². The monoisotopic (exact) mass is 651 g/mol. The van der Waals surface area contributed by atoms with Gasteiger partial charge in [-0.15, -0.1) is 0 Å². The van der Waals surface area contributed by atoms with Crippen LogP contribution in [0, 0.1) is 0 Å². The van der Waals surface area contributed by atoms with Crippen LogP contribution in [0.2, 0.25) is 0 Å². The highest BCUT2D eigenvalue weighted by Crippen LogP contribution is 2.42. The van der Waals surface area contributed by atoms with Crippen LogP contribution in [-0.4, -0.2) is 15.0 Å². The van der Waals surface area contributed by atoms with Gasteiger partial charge in [-0.25, -0.2) is 15.0 Å². The molecule has 0 aliphatic heterocycles. The second-order valence-electron chi connectivity index (χ2n) is 12.8. The summed E-state index contributed by atoms with van der Waals surface area (Å²) in [5.41, 5.74) is 8.74. The van der Waals surface area contributed by atoms with Gasteiger partial charge in [0.25, 0.3) is 0 Å². The Morgan fingerprint density at radius 1 is 0.333 bits per heavy atom. The van der Waals surface area contributed by atoms with Crippen LogP contribution in [-0.2, 0) is 0 Å². The van der Waals surface area contributed by atoms with E-state index in [-0.39, 0.29) is 0 Å². The molecule has 4 heteroatoms. The number of benzene rings is 8. The molecule has 4 nitrogen and oxygen atoms in total. The maximum atomic E-state index is 6.77. The van der Waals surface area contributed by atoms with Crippen LogP contribution in [0.1, 0.15) is 0 Å². The third-order valence-electron chi connectivity index (χ3n) is 9.70. The molecule has 0 radical (unpaired) electrons. The summed E-state index contributed by atoms with van der Waals surface area (Å²) in [6, 6.07) is 61.1. The van der Waals surface area contributed by atoms with Crippen molar-refractivity contribution < 1.29 is 4.42 Å². The molecule has 0 N–H and O–H groups in total. The third-order valence-corrected chi connectivity index (χ3v) is 9.70. The Kier molecular flexibility index (Phi) is 6.78. The van der Waals surface area contributed by atoms with E-state index >= 15 is 0 Å². The zero-order valence-corrected chi connectivity index (χ0v) is 27.5. The lowest BCUT2D eigenvalue weighted by Gasteiger charge is -2.12. The Morgan fingerprint density at radius 2 is 0.902 bits per heavy atom. The number of hydrogen-bond acceptors (Lipinski definition) is 4. The molecule has 0 unspecified atom stereocenters. The molecule has 51 heavy (non-hydrogen) atoms. The molecule has 0 fully saturated rings. The van der Waals surface area contributed by atoms with Gasteiger partial charge in [-0.05, 0) is 68.1 Å². The highest BCUT2D eigenvalue weighted by atomic mass is 16.3. The minimum atomic E-state index is 0.558. The fourth-order valence-electron chi connectivity index (χ4n) is 7.25. The number of nitrogens with zero attached hydrogens (tertiary/aromatic N) is 3. The summed E-state index contributed by atoms with van der Waals surface area (Å²) in [4.78, 5) is 15.2. The summed E-state index contributed by atoms with van der Waals surface area (Å²) in [6.45, 7) is 0. The molecule has 0 spiro atoms. The van der Waals surface area contributed by atoms with Crippen molar-refractivity contribution in [3.8, 4) is 56.4 Å². The minimum Gasteiger partial charge on any atom is -0.455 e. The Labute approximate surface area is 294 Å². The van der Waals surface area contributed by atoms with Gasteiger partial charge in [-0.1, -0.05) is 152 Å². The zero-order valence-electron chi connectivity index (χ0n) is 27.5. The third kappa shape index (κ3) is 5.04. The summed E-state index contributed by atoms with van der Waals surface area (Å²) in [6.07, 6.45) is 0. The first-order valence-electron chi connectivity index (χ1n) is 17.1. The fourth-order valence-corrected chi connectivity index (χ4v) is 7.25. The largest absolute Gasteiger partial charge is 0.455 e. The van der Waals surface area contributed by atoms with Gasteiger partial charge in [0.1, 0.15) is 11.2 Å². The predicted octanol–water partition coefficient (Wildman–Crippen LogP) is 12.4. The van der Waals surface area contributed by atoms with Crippen molar-refractivity contribution in [2.45, 2.75) is 0 Å². The number of fused-ring (bicyclic) bond motifs is 6. The molecule has 0 bridgehead atoms. The van der Waals surface area contributed by atoms with E-state index < -0.39 is 0 Å². The minimum absolute atomic E-state index is 0.558. The van der Waals surface area contributed by atoms with E-state index in [1.807, 2.05) is 60.7 Å². The Morgan fingerprint density at radius 3 is 1.65 bits per heavy atom. The molecule has 10 aromatic rings. The molecule has 0 amide bonds. The second-order valence-corrected chi connectivity index (χ2v) is 12.8. The van der Waals surface area contributed by atoms with Crippen LogP contribution in [0.5, 0.6) is 0 Å². The lowest BCUT2D eigenvalue weighted by atomic mass is 9.93. The van der Waals surface area contributed by atoms with Gasteiger partial charge in [0.15, 0.2) is 17.5 Å². The molecule has 238 valence electrons. The zero-order chi connectivity index (χ0) is 33.7. The molecule has 2 heterocycles. The molecule has 0 aliphatic carbocycles. The summed E-state index contributed by atoms with van der Waals surface area (Å²) < 4.78 is 6.77. The Balaban J connectivity index is 1.26. The predicted molar refractivity (Wildman–Crippen MR) is 209 cm³/mol. The molecular formula is C47H29N3O. The van der Waals surface area contributed by atoms with Crippen LogP contribution in [0.4, 0.5) is 0 Å². The number of furan rings is 1. The lowest BCUT2D eigenvalue weighted by Crippen LogP contribution is -2.00. The number of aromatic nitrogens is 3. The first kappa shape index (κ1) is 29.0. The molecule has 0 atom stereocenters. The van der Waals surface area contributed by atoms with Crippen molar-refractivity contribution in [2.75, 3.05) is 0 Å². The van der Waals surface area contributed by atoms with E-state index in [0.29, 0.717) is 17.5 Å². The normalized spacial score (nSPS) is 11.5. The smallest absolute Gasteiger partial charge is 0.167 e. The van der Waals surface area contributed by atoms with Crippen molar-refractivity contribution in [3.05, 3.63) is 176 Å². The maximum absolute atomic E-state index is 6.77. The van der Waals surface area contributed by atoms with Gasteiger partial charge in [0.2, 0.25) is 0 Å². The van der Waals surface area contributed by atoms with Crippen molar-refractivity contribution in [1.82, 2.24) is 15.0 Å². The average molecular weight is 652 g/mol. The Hall–Kier alpha value is -6.91. The topological polar surface area (TPSA) is 51.8 Å². The van der Waals surface area contributed by atoms with Crippen LogP contribution >= 0.6 is 0 Å². The van der Waals surface area contributed by atoms with E-state index in [0.717, 1.165) is 66.1 Å². The molecule has 0 aliphatic rings. The first-order chi connectivity index (χ1) is 25.3. The Bertz CT molecular complexity index is 2850. The van der Waals surface area contributed by atoms with Crippen molar-refractivity contribution in [3.63, 3.8) is 0 Å². The summed E-state index contributed by atoms with van der Waals surface area (Å²) in [5.74, 6) is 1.78. The van der Waals surface area contributed by atoms with Crippen molar-refractivity contribution >= 4 is 43.5 Å². The second kappa shape index (κ2) is 11.9. The van der Waals surface area contributed by atoms with Crippen LogP contribution in [0.3, 0.4) is 0 Å². The standard InChI is InChI=1S/C47H29N3O/c1-3-15-32(16-4-1)45-48-46(33-17-5-2-6-18-33)50-47(49-45)41-29-36(28-40-43-39-23-10-8-14-31(39)25-26-42(43)51-44(40)41)34-20-11-21-35(27-34)38-24-12-19-30-13-7-9-22-37(30)38/h1-29H. The first-order valence-corrected chi connectivity index (χ1v) is 17.1. The van der Waals surface area contributed by atoms with Gasteiger partial charge < -0.3 is 4.42 Å². The van der Waals surface area contributed by atoms with Crippen molar-refractivity contribution in [1.29, 1.82) is 0 Å². The quantitative estimate of drug-likeness (QED) is 0.186. The molecule has 2 aromatic heterocycles. The molecule has 8 aromatic carbocycles. The molecular weight excluding hydrogens is 623 g/mol. The van der Waals surface area contributed by atoms with Crippen LogP contribution < -0.4 is 0 Å². The highest BCUT2D eigenvalue weighted by molar-refractivity contribution is 6.21. The van der Waals surface area contributed by atoms with Gasteiger partial charge in [0, 0.05) is 21.9 Å². The van der Waals surface area contributed by atoms with Gasteiger partial charge >= 0.3 is 0 Å². The fraction of sp³-hybridized carbons (Fsp3) is 0. The van der Waals surface area contributed by atoms with Gasteiger partial charge in [0.05, 0.1) is 5.56 Å². The van der Waals surface area contributed by atoms with E-state index in [1.54, 1.807) is 0 Å². The van der Waals surface area contributed by atoms with Crippen molar-refractivity contribution in [2.24, 2.45) is 0 Å². The van der Waals surface area contributed by atoms with E-state index in [4.69, 9.17) is 19.4 Å². The molecule has 10 rings (SSSR count). The van der Waals surface area contributed by atoms with E-state index in [1.165, 1.54) is 16.3 Å². The highest BCUT2D eigenvalue weighted by Gasteiger charge is 2.21. The van der Waals surface area contributed by atoms with E-state index in [9.17, 15) is 0 Å². The molecule has 0 saturated carbocycles. The molecule has 0 saturated heterocycles. The lowest BCUT2D eigenvalue weighted by molar-refractivity contribution is 0.670. The summed E-state index contributed by atoms with van der Waals surface area (Å²) in [5, 5.41) is 6.86. The van der Waals surface area contributed by atoms with Crippen LogP contribution in [0.15, 0.2) is 180 Å². The SMILES string of the molecule is c1ccc(-c2nc(-c3ccccc3)nc(-c3cc(-c4cccc(-c5cccc6ccccc56)c4)cc4c3oc3ccc5ccccc5c34)n2)cc1. The van der Waals surface area contributed by atoms with E-state index in [2.05, 4.69) is 115 Å².